The van der Waals surface area contributed by atoms with Gasteiger partial charge in [0.2, 0.25) is 0 Å². The highest BCUT2D eigenvalue weighted by Crippen LogP contribution is 2.34. The van der Waals surface area contributed by atoms with Crippen molar-refractivity contribution < 1.29 is 32.2 Å². The van der Waals surface area contributed by atoms with Crippen molar-refractivity contribution in [3.8, 4) is 0 Å². The van der Waals surface area contributed by atoms with Crippen LogP contribution in [0.25, 0.3) is 0 Å². The van der Waals surface area contributed by atoms with Crippen LogP contribution in [0.4, 0.5) is 17.6 Å². The van der Waals surface area contributed by atoms with E-state index in [-0.39, 0.29) is 6.61 Å². The van der Waals surface area contributed by atoms with E-state index < -0.39 is 35.5 Å². The Morgan fingerprint density at radius 1 is 1.37 bits per heavy atom. The third-order valence-electron chi connectivity index (χ3n) is 2.37. The van der Waals surface area contributed by atoms with Gasteiger partial charge in [-0.1, -0.05) is 18.2 Å². The quantitative estimate of drug-likeness (QED) is 0.666. The summed E-state index contributed by atoms with van der Waals surface area (Å²) < 4.78 is 56.0. The summed E-state index contributed by atoms with van der Waals surface area (Å²) in [7, 11) is 0. The van der Waals surface area contributed by atoms with E-state index in [1.54, 1.807) is 0 Å². The zero-order valence-corrected chi connectivity index (χ0v) is 9.95. The Labute approximate surface area is 106 Å². The molecule has 1 N–H and O–H groups in total. The number of aliphatic hydroxyl groups is 1. The minimum Gasteiger partial charge on any atom is -0.461 e. The fourth-order valence-corrected chi connectivity index (χ4v) is 1.41. The van der Waals surface area contributed by atoms with Gasteiger partial charge >= 0.3 is 11.9 Å². The Morgan fingerprint density at radius 3 is 2.47 bits per heavy atom. The third-order valence-corrected chi connectivity index (χ3v) is 2.37. The topological polar surface area (TPSA) is 46.5 Å². The summed E-state index contributed by atoms with van der Waals surface area (Å²) in [6.45, 7) is 1.05. The molecule has 0 aromatic heterocycles. The molecule has 0 saturated carbocycles. The van der Waals surface area contributed by atoms with Gasteiger partial charge in [-0.15, -0.1) is 0 Å². The summed E-state index contributed by atoms with van der Waals surface area (Å²) in [6.07, 6.45) is -5.39. The van der Waals surface area contributed by atoms with Gasteiger partial charge in [-0.2, -0.15) is 8.78 Å². The van der Waals surface area contributed by atoms with E-state index in [9.17, 15) is 27.5 Å². The Bertz CT molecular complexity index is 448. The van der Waals surface area contributed by atoms with Gasteiger partial charge in [-0.25, -0.2) is 13.6 Å². The first-order chi connectivity index (χ1) is 8.80. The number of ether oxygens (including phenoxy) is 1. The van der Waals surface area contributed by atoms with Crippen LogP contribution in [0.3, 0.4) is 0 Å². The highest BCUT2D eigenvalue weighted by Gasteiger charge is 2.49. The van der Waals surface area contributed by atoms with Crippen LogP contribution in [-0.2, 0) is 9.53 Å². The molecule has 0 spiro atoms. The lowest BCUT2D eigenvalue weighted by molar-refractivity contribution is -0.189. The number of rotatable bonds is 5. The first kappa shape index (κ1) is 15.4. The lowest BCUT2D eigenvalue weighted by Crippen LogP contribution is -2.37. The molecule has 1 aromatic carbocycles. The molecule has 0 radical (unpaired) electrons. The number of carbonyl (C=O) groups is 1. The standard InChI is InChI=1S/C12H12F4O3/c1-2-19-11(18)12(15,16)9(17)7-4-3-5-8(6-7)10(13)14/h3-6,9-10,17H,2H2,1H3. The predicted molar refractivity (Wildman–Crippen MR) is 57.9 cm³/mol. The number of hydrogen-bond acceptors (Lipinski definition) is 3. The highest BCUT2D eigenvalue weighted by molar-refractivity contribution is 5.78. The zero-order chi connectivity index (χ0) is 14.6. The van der Waals surface area contributed by atoms with Gasteiger partial charge in [0.15, 0.2) is 6.10 Å². The van der Waals surface area contributed by atoms with Crippen molar-refractivity contribution in [2.24, 2.45) is 0 Å². The molecule has 1 unspecified atom stereocenters. The van der Waals surface area contributed by atoms with Crippen molar-refractivity contribution >= 4 is 5.97 Å². The van der Waals surface area contributed by atoms with Crippen LogP contribution in [0.15, 0.2) is 24.3 Å². The van der Waals surface area contributed by atoms with Crippen LogP contribution in [0, 0.1) is 0 Å². The van der Waals surface area contributed by atoms with E-state index in [0.717, 1.165) is 24.3 Å². The number of esters is 1. The fraction of sp³-hybridized carbons (Fsp3) is 0.417. The maximum atomic E-state index is 13.5. The molecule has 0 saturated heterocycles. The van der Waals surface area contributed by atoms with Crippen molar-refractivity contribution in [2.75, 3.05) is 6.61 Å². The minimum atomic E-state index is -4.20. The van der Waals surface area contributed by atoms with Gasteiger partial charge < -0.3 is 9.84 Å². The van der Waals surface area contributed by atoms with E-state index in [4.69, 9.17) is 0 Å². The Hall–Kier alpha value is -1.63. The first-order valence-electron chi connectivity index (χ1n) is 5.41. The van der Waals surface area contributed by atoms with Crippen LogP contribution in [-0.4, -0.2) is 23.6 Å². The number of alkyl halides is 4. The fourth-order valence-electron chi connectivity index (χ4n) is 1.41. The molecular weight excluding hydrogens is 268 g/mol. The molecule has 106 valence electrons. The number of carbonyl (C=O) groups excluding carboxylic acids is 1. The zero-order valence-electron chi connectivity index (χ0n) is 9.95. The Morgan fingerprint density at radius 2 is 1.95 bits per heavy atom. The Balaban J connectivity index is 3.02. The molecule has 1 aromatic rings. The molecule has 3 nitrogen and oxygen atoms in total. The van der Waals surface area contributed by atoms with Crippen molar-refractivity contribution in [3.05, 3.63) is 35.4 Å². The van der Waals surface area contributed by atoms with Gasteiger partial charge in [0, 0.05) is 5.56 Å². The lowest BCUT2D eigenvalue weighted by Gasteiger charge is -2.21. The predicted octanol–water partition coefficient (Wildman–Crippen LogP) is 2.86. The number of halogens is 4. The van der Waals surface area contributed by atoms with Crippen LogP contribution in [0.5, 0.6) is 0 Å². The molecule has 0 aliphatic rings. The smallest absolute Gasteiger partial charge is 0.380 e. The van der Waals surface area contributed by atoms with Crippen molar-refractivity contribution in [2.45, 2.75) is 25.4 Å². The summed E-state index contributed by atoms with van der Waals surface area (Å²) in [5.74, 6) is -6.10. The van der Waals surface area contributed by atoms with Gasteiger partial charge in [0.1, 0.15) is 0 Å². The van der Waals surface area contributed by atoms with Gasteiger partial charge in [-0.05, 0) is 18.6 Å². The van der Waals surface area contributed by atoms with Crippen molar-refractivity contribution in [3.63, 3.8) is 0 Å². The normalized spacial score (nSPS) is 13.4. The maximum Gasteiger partial charge on any atom is 0.380 e. The summed E-state index contributed by atoms with van der Waals surface area (Å²) in [4.78, 5) is 11.0. The van der Waals surface area contributed by atoms with E-state index in [1.165, 1.54) is 6.92 Å². The van der Waals surface area contributed by atoms with Gasteiger partial charge in [-0.3, -0.25) is 0 Å². The molecule has 1 rings (SSSR count). The summed E-state index contributed by atoms with van der Waals surface area (Å²) >= 11 is 0. The first-order valence-corrected chi connectivity index (χ1v) is 5.41. The van der Waals surface area contributed by atoms with E-state index >= 15 is 0 Å². The molecule has 0 bridgehead atoms. The van der Waals surface area contributed by atoms with Crippen LogP contribution in [0.1, 0.15) is 30.6 Å². The molecule has 0 aliphatic carbocycles. The second-order valence-electron chi connectivity index (χ2n) is 3.72. The van der Waals surface area contributed by atoms with E-state index in [2.05, 4.69) is 4.74 Å². The molecule has 0 fully saturated rings. The average molecular weight is 280 g/mol. The van der Waals surface area contributed by atoms with E-state index in [1.807, 2.05) is 0 Å². The largest absolute Gasteiger partial charge is 0.461 e. The van der Waals surface area contributed by atoms with Crippen LogP contribution in [0.2, 0.25) is 0 Å². The lowest BCUT2D eigenvalue weighted by atomic mass is 10.0. The third kappa shape index (κ3) is 3.44. The number of benzene rings is 1. The van der Waals surface area contributed by atoms with Gasteiger partial charge in [0.05, 0.1) is 6.61 Å². The minimum absolute atomic E-state index is 0.280. The number of hydrogen-bond donors (Lipinski definition) is 1. The molecule has 7 heteroatoms. The number of aliphatic hydroxyl groups excluding tert-OH is 1. The summed E-state index contributed by atoms with van der Waals surface area (Å²) in [6, 6.07) is 3.89. The van der Waals surface area contributed by atoms with Crippen molar-refractivity contribution in [1.82, 2.24) is 0 Å². The molecule has 19 heavy (non-hydrogen) atoms. The monoisotopic (exact) mass is 280 g/mol. The SMILES string of the molecule is CCOC(=O)C(F)(F)C(O)c1cccc(C(F)F)c1. The van der Waals surface area contributed by atoms with Crippen molar-refractivity contribution in [1.29, 1.82) is 0 Å². The average Bonchev–Trinajstić information content (AvgIpc) is 2.38. The second kappa shape index (κ2) is 6.01. The van der Waals surface area contributed by atoms with Crippen LogP contribution < -0.4 is 0 Å². The Kier molecular flexibility index (Phi) is 4.88. The molecule has 0 amide bonds. The molecule has 0 heterocycles. The summed E-state index contributed by atoms with van der Waals surface area (Å²) in [5, 5.41) is 9.46. The highest BCUT2D eigenvalue weighted by atomic mass is 19.3. The van der Waals surface area contributed by atoms with E-state index in [0.29, 0.717) is 0 Å². The van der Waals surface area contributed by atoms with Gasteiger partial charge in [0.25, 0.3) is 6.43 Å². The summed E-state index contributed by atoms with van der Waals surface area (Å²) in [5.41, 5.74) is -0.993. The maximum absolute atomic E-state index is 13.5. The van der Waals surface area contributed by atoms with Crippen LogP contribution >= 0.6 is 0 Å². The molecular formula is C12H12F4O3. The molecule has 1 atom stereocenters. The molecule has 0 aliphatic heterocycles. The second-order valence-corrected chi connectivity index (χ2v) is 3.72.